The highest BCUT2D eigenvalue weighted by molar-refractivity contribution is 5.93. The average molecular weight is 232 g/mol. The van der Waals surface area contributed by atoms with Gasteiger partial charge in [-0.2, -0.15) is 5.10 Å². The minimum absolute atomic E-state index is 0.0534. The van der Waals surface area contributed by atoms with Gasteiger partial charge in [-0.1, -0.05) is 12.1 Å². The third kappa shape index (κ3) is 2.13. The molecule has 0 fully saturated rings. The molecule has 0 aliphatic rings. The molecule has 2 rings (SSSR count). The molecule has 0 unspecified atom stereocenters. The molecular weight excluding hydrogens is 220 g/mol. The first-order chi connectivity index (χ1) is 8.11. The van der Waals surface area contributed by atoms with E-state index in [4.69, 9.17) is 9.84 Å². The lowest BCUT2D eigenvalue weighted by atomic mass is 10.1. The molecule has 88 valence electrons. The first kappa shape index (κ1) is 11.2. The number of carbonyl (C=O) groups is 1. The van der Waals surface area contributed by atoms with Gasteiger partial charge >= 0.3 is 5.97 Å². The Balaban J connectivity index is 2.48. The minimum Gasteiger partial charge on any atom is -0.497 e. The van der Waals surface area contributed by atoms with Crippen LogP contribution in [0.4, 0.5) is 0 Å². The van der Waals surface area contributed by atoms with Gasteiger partial charge in [0, 0.05) is 18.8 Å². The number of carboxylic acids is 1. The molecule has 5 nitrogen and oxygen atoms in total. The highest BCUT2D eigenvalue weighted by atomic mass is 16.5. The summed E-state index contributed by atoms with van der Waals surface area (Å²) in [5.41, 5.74) is 1.46. The molecule has 0 saturated heterocycles. The normalized spacial score (nSPS) is 10.2. The summed E-state index contributed by atoms with van der Waals surface area (Å²) in [4.78, 5) is 11.0. The Labute approximate surface area is 98.3 Å². The monoisotopic (exact) mass is 232 g/mol. The van der Waals surface area contributed by atoms with Crippen molar-refractivity contribution in [3.63, 3.8) is 0 Å². The van der Waals surface area contributed by atoms with Crippen LogP contribution in [0.2, 0.25) is 0 Å². The fraction of sp³-hybridized carbons (Fsp3) is 0.167. The van der Waals surface area contributed by atoms with Gasteiger partial charge in [-0.3, -0.25) is 4.68 Å². The molecule has 0 atom stereocenters. The molecule has 1 heterocycles. The van der Waals surface area contributed by atoms with Gasteiger partial charge in [0.25, 0.3) is 0 Å². The summed E-state index contributed by atoms with van der Waals surface area (Å²) < 4.78 is 6.54. The molecular formula is C12H12N2O3. The van der Waals surface area contributed by atoms with Crippen LogP contribution in [-0.4, -0.2) is 28.0 Å². The van der Waals surface area contributed by atoms with Crippen LogP contribution in [0.3, 0.4) is 0 Å². The Morgan fingerprint density at radius 1 is 1.35 bits per heavy atom. The Morgan fingerprint density at radius 3 is 2.53 bits per heavy atom. The molecule has 0 radical (unpaired) electrons. The summed E-state index contributed by atoms with van der Waals surface area (Å²) in [6.45, 7) is 0. The van der Waals surface area contributed by atoms with E-state index in [-0.39, 0.29) is 5.69 Å². The molecule has 1 N–H and O–H groups in total. The van der Waals surface area contributed by atoms with Gasteiger partial charge in [0.1, 0.15) is 5.75 Å². The topological polar surface area (TPSA) is 64.4 Å². The first-order valence-electron chi connectivity index (χ1n) is 5.03. The molecule has 17 heavy (non-hydrogen) atoms. The number of aromatic carboxylic acids is 1. The number of ether oxygens (including phenoxy) is 1. The number of hydrogen-bond donors (Lipinski definition) is 1. The highest BCUT2D eigenvalue weighted by Crippen LogP contribution is 2.24. The predicted octanol–water partition coefficient (Wildman–Crippen LogP) is 1.79. The molecule has 1 aromatic carbocycles. The molecule has 0 aliphatic heterocycles. The molecule has 0 saturated carbocycles. The second-order valence-electron chi connectivity index (χ2n) is 3.60. The van der Waals surface area contributed by atoms with Crippen LogP contribution < -0.4 is 4.74 Å². The third-order valence-electron chi connectivity index (χ3n) is 2.43. The highest BCUT2D eigenvalue weighted by Gasteiger charge is 2.16. The minimum atomic E-state index is -1.03. The van der Waals surface area contributed by atoms with Crippen LogP contribution in [0.5, 0.6) is 5.75 Å². The standard InChI is InChI=1S/C12H12N2O3/c1-14-7-10(11(13-14)12(15)16)8-3-5-9(17-2)6-4-8/h3-7H,1-2H3,(H,15,16). The van der Waals surface area contributed by atoms with Crippen molar-refractivity contribution >= 4 is 5.97 Å². The van der Waals surface area contributed by atoms with Gasteiger partial charge < -0.3 is 9.84 Å². The number of aromatic nitrogens is 2. The Bertz CT molecular complexity index is 543. The number of nitrogens with zero attached hydrogens (tertiary/aromatic N) is 2. The number of aryl methyl sites for hydroxylation is 1. The maximum Gasteiger partial charge on any atom is 0.357 e. The van der Waals surface area contributed by atoms with E-state index in [9.17, 15) is 4.79 Å². The summed E-state index contributed by atoms with van der Waals surface area (Å²) in [6.07, 6.45) is 1.69. The van der Waals surface area contributed by atoms with E-state index in [1.54, 1.807) is 32.5 Å². The lowest BCUT2D eigenvalue weighted by Gasteiger charge is -2.02. The van der Waals surface area contributed by atoms with Crippen molar-refractivity contribution in [3.8, 4) is 16.9 Å². The van der Waals surface area contributed by atoms with Crippen molar-refractivity contribution in [3.05, 3.63) is 36.2 Å². The fourth-order valence-electron chi connectivity index (χ4n) is 1.63. The number of hydrogen-bond acceptors (Lipinski definition) is 3. The predicted molar refractivity (Wildman–Crippen MR) is 62.2 cm³/mol. The summed E-state index contributed by atoms with van der Waals surface area (Å²) in [5.74, 6) is -0.300. The molecule has 0 spiro atoms. The molecule has 0 aliphatic carbocycles. The van der Waals surface area contributed by atoms with Crippen LogP contribution in [0.25, 0.3) is 11.1 Å². The van der Waals surface area contributed by atoms with E-state index in [0.29, 0.717) is 5.56 Å². The van der Waals surface area contributed by atoms with E-state index < -0.39 is 5.97 Å². The van der Waals surface area contributed by atoms with Crippen LogP contribution in [0.1, 0.15) is 10.5 Å². The number of carboxylic acid groups (broad SMARTS) is 1. The first-order valence-corrected chi connectivity index (χ1v) is 5.03. The van der Waals surface area contributed by atoms with Crippen LogP contribution in [-0.2, 0) is 7.05 Å². The van der Waals surface area contributed by atoms with E-state index in [1.807, 2.05) is 12.1 Å². The lowest BCUT2D eigenvalue weighted by Crippen LogP contribution is -2.00. The van der Waals surface area contributed by atoms with Crippen molar-refractivity contribution in [2.45, 2.75) is 0 Å². The molecule has 0 amide bonds. The van der Waals surface area contributed by atoms with E-state index in [2.05, 4.69) is 5.10 Å². The van der Waals surface area contributed by atoms with Gasteiger partial charge in [0.05, 0.1) is 7.11 Å². The summed E-state index contributed by atoms with van der Waals surface area (Å²) in [6, 6.07) is 7.19. The molecule has 5 heteroatoms. The van der Waals surface area contributed by atoms with Crippen molar-refractivity contribution in [2.75, 3.05) is 7.11 Å². The van der Waals surface area contributed by atoms with Crippen molar-refractivity contribution in [1.82, 2.24) is 9.78 Å². The average Bonchev–Trinajstić information content (AvgIpc) is 2.72. The maximum atomic E-state index is 11.0. The van der Waals surface area contributed by atoms with Crippen LogP contribution in [0, 0.1) is 0 Å². The SMILES string of the molecule is COc1ccc(-c2cn(C)nc2C(=O)O)cc1. The quantitative estimate of drug-likeness (QED) is 0.876. The lowest BCUT2D eigenvalue weighted by molar-refractivity contribution is 0.0690. The Morgan fingerprint density at radius 2 is 2.00 bits per heavy atom. The third-order valence-corrected chi connectivity index (χ3v) is 2.43. The summed E-state index contributed by atoms with van der Waals surface area (Å²) >= 11 is 0. The van der Waals surface area contributed by atoms with E-state index in [1.165, 1.54) is 4.68 Å². The Kier molecular flexibility index (Phi) is 2.82. The summed E-state index contributed by atoms with van der Waals surface area (Å²) in [7, 11) is 3.28. The number of methoxy groups -OCH3 is 1. The fourth-order valence-corrected chi connectivity index (χ4v) is 1.63. The van der Waals surface area contributed by atoms with Gasteiger partial charge in [-0.15, -0.1) is 0 Å². The number of benzene rings is 1. The Hall–Kier alpha value is -2.30. The van der Waals surface area contributed by atoms with Crippen LogP contribution in [0.15, 0.2) is 30.5 Å². The maximum absolute atomic E-state index is 11.0. The largest absolute Gasteiger partial charge is 0.497 e. The van der Waals surface area contributed by atoms with Crippen molar-refractivity contribution < 1.29 is 14.6 Å². The zero-order valence-corrected chi connectivity index (χ0v) is 9.54. The zero-order chi connectivity index (χ0) is 12.4. The summed E-state index contributed by atoms with van der Waals surface area (Å²) in [5, 5.41) is 13.0. The van der Waals surface area contributed by atoms with Gasteiger partial charge in [0.15, 0.2) is 5.69 Å². The van der Waals surface area contributed by atoms with Gasteiger partial charge in [-0.25, -0.2) is 4.79 Å². The van der Waals surface area contributed by atoms with Crippen molar-refractivity contribution in [2.24, 2.45) is 7.05 Å². The van der Waals surface area contributed by atoms with E-state index >= 15 is 0 Å². The van der Waals surface area contributed by atoms with Gasteiger partial charge in [-0.05, 0) is 17.7 Å². The second-order valence-corrected chi connectivity index (χ2v) is 3.60. The van der Waals surface area contributed by atoms with Crippen molar-refractivity contribution in [1.29, 1.82) is 0 Å². The smallest absolute Gasteiger partial charge is 0.357 e. The van der Waals surface area contributed by atoms with Gasteiger partial charge in [0.2, 0.25) is 0 Å². The molecule has 1 aromatic heterocycles. The molecule has 2 aromatic rings. The zero-order valence-electron chi connectivity index (χ0n) is 9.54. The second kappa shape index (κ2) is 4.29. The van der Waals surface area contributed by atoms with Crippen LogP contribution >= 0.6 is 0 Å². The molecule has 0 bridgehead atoms. The van der Waals surface area contributed by atoms with E-state index in [0.717, 1.165) is 11.3 Å². The number of rotatable bonds is 3.